The van der Waals surface area contributed by atoms with Crippen molar-refractivity contribution in [1.29, 1.82) is 0 Å². The van der Waals surface area contributed by atoms with Gasteiger partial charge in [0, 0.05) is 4.88 Å². The zero-order chi connectivity index (χ0) is 19.1. The van der Waals surface area contributed by atoms with E-state index in [4.69, 9.17) is 0 Å². The van der Waals surface area contributed by atoms with Gasteiger partial charge in [0.15, 0.2) is 5.78 Å². The Hall–Kier alpha value is -2.47. The van der Waals surface area contributed by atoms with E-state index in [0.29, 0.717) is 16.4 Å². The summed E-state index contributed by atoms with van der Waals surface area (Å²) in [5.74, 6) is -0.249. The van der Waals surface area contributed by atoms with Gasteiger partial charge in [-0.1, -0.05) is 38.1 Å². The van der Waals surface area contributed by atoms with E-state index in [0.717, 1.165) is 15.3 Å². The molecule has 0 saturated carbocycles. The van der Waals surface area contributed by atoms with Crippen LogP contribution in [0.4, 0.5) is 4.79 Å². The fourth-order valence-electron chi connectivity index (χ4n) is 3.04. The van der Waals surface area contributed by atoms with Crippen molar-refractivity contribution in [3.05, 3.63) is 57.3 Å². The molecule has 1 aromatic carbocycles. The Morgan fingerprint density at radius 1 is 1.15 bits per heavy atom. The number of carbonyl (C=O) groups excluding carboxylic acids is 3. The zero-order valence-corrected chi connectivity index (χ0v) is 16.1. The van der Waals surface area contributed by atoms with Gasteiger partial charge in [0.25, 0.3) is 5.91 Å². The predicted octanol–water partition coefficient (Wildman–Crippen LogP) is 3.83. The molecule has 3 rings (SSSR count). The lowest BCUT2D eigenvalue weighted by Gasteiger charge is -2.22. The molecule has 0 bridgehead atoms. The molecule has 0 aliphatic carbocycles. The van der Waals surface area contributed by atoms with Crippen LogP contribution >= 0.6 is 11.3 Å². The zero-order valence-electron chi connectivity index (χ0n) is 15.3. The van der Waals surface area contributed by atoms with E-state index < -0.39 is 17.5 Å². The lowest BCUT2D eigenvalue weighted by atomic mass is 9.90. The number of amides is 3. The van der Waals surface area contributed by atoms with Crippen LogP contribution in [0.3, 0.4) is 0 Å². The van der Waals surface area contributed by atoms with Crippen LogP contribution in [-0.2, 0) is 10.3 Å². The van der Waals surface area contributed by atoms with E-state index >= 15 is 0 Å². The summed E-state index contributed by atoms with van der Waals surface area (Å²) < 4.78 is 0. The third-order valence-corrected chi connectivity index (χ3v) is 5.79. The molecule has 5 nitrogen and oxygen atoms in total. The number of rotatable bonds is 5. The molecular weight excluding hydrogens is 348 g/mol. The molecule has 0 spiro atoms. The number of nitrogens with zero attached hydrogens (tertiary/aromatic N) is 1. The highest BCUT2D eigenvalue weighted by Crippen LogP contribution is 2.30. The molecular formula is C20H22N2O3S. The van der Waals surface area contributed by atoms with Crippen LogP contribution in [0.2, 0.25) is 0 Å². The van der Waals surface area contributed by atoms with Gasteiger partial charge in [-0.25, -0.2) is 4.79 Å². The van der Waals surface area contributed by atoms with Crippen molar-refractivity contribution in [3.8, 4) is 0 Å². The Kier molecular flexibility index (Phi) is 4.71. The first-order valence-corrected chi connectivity index (χ1v) is 9.38. The lowest BCUT2D eigenvalue weighted by Crippen LogP contribution is -2.41. The predicted molar refractivity (Wildman–Crippen MR) is 102 cm³/mol. The average molecular weight is 370 g/mol. The number of aryl methyl sites for hydroxylation is 1. The fraction of sp³-hybridized carbons (Fsp3) is 0.350. The van der Waals surface area contributed by atoms with Crippen molar-refractivity contribution >= 4 is 29.1 Å². The molecule has 1 aromatic heterocycles. The van der Waals surface area contributed by atoms with Gasteiger partial charge in [-0.05, 0) is 43.0 Å². The Morgan fingerprint density at radius 3 is 2.35 bits per heavy atom. The third-order valence-electron chi connectivity index (χ3n) is 4.75. The van der Waals surface area contributed by atoms with Gasteiger partial charge in [0.1, 0.15) is 5.54 Å². The average Bonchev–Trinajstić information content (AvgIpc) is 3.13. The Morgan fingerprint density at radius 2 is 1.81 bits per heavy atom. The number of hydrogen-bond acceptors (Lipinski definition) is 4. The Bertz CT molecular complexity index is 869. The number of carbonyl (C=O) groups is 3. The fourth-order valence-corrected chi connectivity index (χ4v) is 3.84. The quantitative estimate of drug-likeness (QED) is 0.642. The van der Waals surface area contributed by atoms with Crippen LogP contribution in [0.1, 0.15) is 52.4 Å². The van der Waals surface area contributed by atoms with Gasteiger partial charge in [0.05, 0.1) is 11.4 Å². The molecule has 1 aliphatic heterocycles. The monoisotopic (exact) mass is 370 g/mol. The van der Waals surface area contributed by atoms with E-state index in [-0.39, 0.29) is 12.3 Å². The van der Waals surface area contributed by atoms with Gasteiger partial charge in [-0.15, -0.1) is 11.3 Å². The number of nitrogens with one attached hydrogen (secondary N) is 1. The minimum absolute atomic E-state index is 0.231. The first kappa shape index (κ1) is 18.3. The topological polar surface area (TPSA) is 66.5 Å². The maximum Gasteiger partial charge on any atom is 0.325 e. The van der Waals surface area contributed by atoms with Crippen molar-refractivity contribution in [2.45, 2.75) is 39.2 Å². The van der Waals surface area contributed by atoms with Crippen molar-refractivity contribution in [3.63, 3.8) is 0 Å². The molecule has 0 unspecified atom stereocenters. The lowest BCUT2D eigenvalue weighted by molar-refractivity contribution is -0.130. The van der Waals surface area contributed by atoms with Crippen LogP contribution in [0.5, 0.6) is 0 Å². The smallest absolute Gasteiger partial charge is 0.319 e. The maximum atomic E-state index is 12.9. The first-order valence-electron chi connectivity index (χ1n) is 8.56. The van der Waals surface area contributed by atoms with Gasteiger partial charge in [-0.2, -0.15) is 0 Å². The summed E-state index contributed by atoms with van der Waals surface area (Å²) in [5.41, 5.74) is 0.717. The molecule has 2 aromatic rings. The molecule has 136 valence electrons. The highest BCUT2D eigenvalue weighted by molar-refractivity contribution is 7.14. The number of hydrogen-bond donors (Lipinski definition) is 1. The molecule has 1 aliphatic rings. The minimum Gasteiger partial charge on any atom is -0.319 e. The number of urea groups is 1. The third kappa shape index (κ3) is 3.17. The number of ketones is 1. The van der Waals surface area contributed by atoms with Gasteiger partial charge >= 0.3 is 6.03 Å². The SMILES string of the molecule is Cc1ccc(C(=O)CN2C(=O)N[C@](C)(c3ccc(C(C)C)cc3)C2=O)s1. The summed E-state index contributed by atoms with van der Waals surface area (Å²) in [4.78, 5) is 40.3. The van der Waals surface area contributed by atoms with Gasteiger partial charge < -0.3 is 5.32 Å². The van der Waals surface area contributed by atoms with Gasteiger partial charge in [-0.3, -0.25) is 14.5 Å². The second-order valence-electron chi connectivity index (χ2n) is 7.06. The first-order chi connectivity index (χ1) is 12.2. The highest BCUT2D eigenvalue weighted by atomic mass is 32.1. The van der Waals surface area contributed by atoms with Crippen LogP contribution in [0, 0.1) is 6.92 Å². The number of thiophene rings is 1. The second kappa shape index (κ2) is 6.68. The molecule has 0 radical (unpaired) electrons. The summed E-state index contributed by atoms with van der Waals surface area (Å²) in [5, 5.41) is 2.75. The second-order valence-corrected chi connectivity index (χ2v) is 8.34. The van der Waals surface area contributed by atoms with Crippen molar-refractivity contribution in [2.75, 3.05) is 6.54 Å². The van der Waals surface area contributed by atoms with Crippen molar-refractivity contribution < 1.29 is 14.4 Å². The van der Waals surface area contributed by atoms with E-state index in [1.165, 1.54) is 11.3 Å². The summed E-state index contributed by atoms with van der Waals surface area (Å²) in [6, 6.07) is 10.7. The Labute approximate surface area is 157 Å². The summed E-state index contributed by atoms with van der Waals surface area (Å²) in [6.45, 7) is 7.53. The highest BCUT2D eigenvalue weighted by Gasteiger charge is 2.49. The minimum atomic E-state index is -1.15. The molecule has 1 atom stereocenters. The maximum absolute atomic E-state index is 12.9. The molecule has 26 heavy (non-hydrogen) atoms. The van der Waals surface area contributed by atoms with E-state index in [2.05, 4.69) is 19.2 Å². The largest absolute Gasteiger partial charge is 0.325 e. The standard InChI is InChI=1S/C20H22N2O3S/c1-12(2)14-6-8-15(9-7-14)20(4)18(24)22(19(25)21-20)11-16(23)17-10-5-13(3)26-17/h5-10,12H,11H2,1-4H3,(H,21,25)/t20-/m1/s1. The van der Waals surface area contributed by atoms with Gasteiger partial charge in [0.2, 0.25) is 0 Å². The Balaban J connectivity index is 1.82. The van der Waals surface area contributed by atoms with Crippen molar-refractivity contribution in [1.82, 2.24) is 10.2 Å². The molecule has 1 fully saturated rings. The summed E-state index contributed by atoms with van der Waals surface area (Å²) >= 11 is 1.36. The normalized spacial score (nSPS) is 20.0. The van der Waals surface area contributed by atoms with Crippen LogP contribution < -0.4 is 5.32 Å². The van der Waals surface area contributed by atoms with E-state index in [9.17, 15) is 14.4 Å². The van der Waals surface area contributed by atoms with E-state index in [1.807, 2.05) is 37.3 Å². The summed E-state index contributed by atoms with van der Waals surface area (Å²) in [7, 11) is 0. The van der Waals surface area contributed by atoms with Crippen LogP contribution in [-0.4, -0.2) is 29.2 Å². The molecule has 2 heterocycles. The number of benzene rings is 1. The molecule has 3 amide bonds. The number of imide groups is 1. The van der Waals surface area contributed by atoms with E-state index in [1.54, 1.807) is 13.0 Å². The summed E-state index contributed by atoms with van der Waals surface area (Å²) in [6.07, 6.45) is 0. The van der Waals surface area contributed by atoms with Crippen LogP contribution in [0.15, 0.2) is 36.4 Å². The van der Waals surface area contributed by atoms with Crippen LogP contribution in [0.25, 0.3) is 0 Å². The molecule has 1 saturated heterocycles. The number of Topliss-reactive ketones (excluding diaryl/α,β-unsaturated/α-hetero) is 1. The molecule has 6 heteroatoms. The molecule has 1 N–H and O–H groups in total. The van der Waals surface area contributed by atoms with Crippen molar-refractivity contribution in [2.24, 2.45) is 0 Å².